The SMILES string of the molecule is Cc1oc([C@@H](Cc2cn(C)c3ccccc23)NC(=O)[C@H](CC(C)C)NC(=O)N2CCOCC2)nc1C(=O)O. The largest absolute Gasteiger partial charge is 0.476 e. The number of amides is 3. The van der Waals surface area contributed by atoms with Crippen molar-refractivity contribution >= 4 is 28.8 Å². The summed E-state index contributed by atoms with van der Waals surface area (Å²) < 4.78 is 13.1. The summed E-state index contributed by atoms with van der Waals surface area (Å²) in [5.74, 6) is -1.20. The molecule has 204 valence electrons. The van der Waals surface area contributed by atoms with Gasteiger partial charge in [0.2, 0.25) is 11.8 Å². The Labute approximate surface area is 221 Å². The molecule has 0 aliphatic carbocycles. The number of carboxylic acids is 1. The molecule has 0 spiro atoms. The van der Waals surface area contributed by atoms with Gasteiger partial charge in [0.15, 0.2) is 5.69 Å². The second kappa shape index (κ2) is 11.7. The maximum atomic E-state index is 13.6. The van der Waals surface area contributed by atoms with Crippen molar-refractivity contribution in [3.8, 4) is 0 Å². The Kier molecular flexibility index (Phi) is 8.35. The Balaban J connectivity index is 1.62. The minimum Gasteiger partial charge on any atom is -0.476 e. The minimum absolute atomic E-state index is 0.101. The van der Waals surface area contributed by atoms with Crippen LogP contribution >= 0.6 is 0 Å². The maximum absolute atomic E-state index is 13.6. The summed E-state index contributed by atoms with van der Waals surface area (Å²) in [4.78, 5) is 44.0. The van der Waals surface area contributed by atoms with E-state index in [0.29, 0.717) is 39.1 Å². The zero-order chi connectivity index (χ0) is 27.4. The molecule has 0 saturated carbocycles. The van der Waals surface area contributed by atoms with Crippen molar-refractivity contribution in [1.82, 2.24) is 25.1 Å². The normalized spacial score (nSPS) is 15.4. The molecule has 1 aliphatic rings. The summed E-state index contributed by atoms with van der Waals surface area (Å²) in [6, 6.07) is 6.03. The van der Waals surface area contributed by atoms with Crippen LogP contribution in [0.4, 0.5) is 4.79 Å². The van der Waals surface area contributed by atoms with Gasteiger partial charge in [-0.05, 0) is 30.9 Å². The predicted molar refractivity (Wildman–Crippen MR) is 140 cm³/mol. The highest BCUT2D eigenvalue weighted by Gasteiger charge is 2.30. The third kappa shape index (κ3) is 6.16. The van der Waals surface area contributed by atoms with Crippen LogP contribution in [0.3, 0.4) is 0 Å². The van der Waals surface area contributed by atoms with Gasteiger partial charge < -0.3 is 34.4 Å². The van der Waals surface area contributed by atoms with Crippen molar-refractivity contribution in [2.45, 2.75) is 45.7 Å². The van der Waals surface area contributed by atoms with E-state index < -0.39 is 24.0 Å². The molecule has 0 radical (unpaired) electrons. The van der Waals surface area contributed by atoms with Crippen molar-refractivity contribution in [3.05, 3.63) is 53.4 Å². The number of carboxylic acid groups (broad SMARTS) is 1. The first-order valence-electron chi connectivity index (χ1n) is 12.8. The number of hydrogen-bond donors (Lipinski definition) is 3. The Morgan fingerprint density at radius 3 is 2.50 bits per heavy atom. The highest BCUT2D eigenvalue weighted by molar-refractivity contribution is 5.88. The molecular formula is C27H35N5O6. The van der Waals surface area contributed by atoms with Crippen molar-refractivity contribution < 1.29 is 28.6 Å². The van der Waals surface area contributed by atoms with Crippen LogP contribution in [0.25, 0.3) is 10.9 Å². The molecule has 3 aromatic rings. The number of para-hydroxylation sites is 1. The van der Waals surface area contributed by atoms with Crippen molar-refractivity contribution in [3.63, 3.8) is 0 Å². The van der Waals surface area contributed by atoms with Crippen LogP contribution in [-0.2, 0) is 23.0 Å². The molecule has 2 aromatic heterocycles. The van der Waals surface area contributed by atoms with Gasteiger partial charge in [0.1, 0.15) is 17.8 Å². The highest BCUT2D eigenvalue weighted by atomic mass is 16.5. The number of benzene rings is 1. The molecule has 2 atom stereocenters. The third-order valence-electron chi connectivity index (χ3n) is 6.65. The molecule has 3 heterocycles. The number of nitrogens with zero attached hydrogens (tertiary/aromatic N) is 3. The lowest BCUT2D eigenvalue weighted by atomic mass is 10.0. The molecule has 1 saturated heterocycles. The van der Waals surface area contributed by atoms with Gasteiger partial charge in [0, 0.05) is 43.7 Å². The molecule has 3 amide bonds. The van der Waals surface area contributed by atoms with Gasteiger partial charge >= 0.3 is 12.0 Å². The molecule has 0 unspecified atom stereocenters. The Morgan fingerprint density at radius 1 is 1.13 bits per heavy atom. The van der Waals surface area contributed by atoms with Gasteiger partial charge in [-0.15, -0.1) is 0 Å². The standard InChI is InChI=1S/C27H35N5O6/c1-16(2)13-20(29-27(36)32-9-11-37-12-10-32)24(33)28-21(25-30-23(26(34)35)17(3)38-25)14-18-15-31(4)22-8-6-5-7-19(18)22/h5-8,15-16,20-21H,9-14H2,1-4H3,(H,28,33)(H,29,36)(H,34,35)/t20-,21+/m0/s1. The summed E-state index contributed by atoms with van der Waals surface area (Å²) in [5, 5.41) is 16.4. The Bertz CT molecular complexity index is 1310. The number of carbonyl (C=O) groups is 3. The fraction of sp³-hybridized carbons (Fsp3) is 0.481. The first-order chi connectivity index (χ1) is 18.1. The monoisotopic (exact) mass is 525 g/mol. The number of aromatic carboxylic acids is 1. The van der Waals surface area contributed by atoms with Crippen LogP contribution in [-0.4, -0.2) is 69.8 Å². The molecule has 1 fully saturated rings. The second-order valence-corrected chi connectivity index (χ2v) is 10.0. The van der Waals surface area contributed by atoms with Gasteiger partial charge in [-0.1, -0.05) is 32.0 Å². The second-order valence-electron chi connectivity index (χ2n) is 10.0. The van der Waals surface area contributed by atoms with E-state index in [1.54, 1.807) is 4.90 Å². The summed E-state index contributed by atoms with van der Waals surface area (Å²) in [6.07, 6.45) is 2.72. The first kappa shape index (κ1) is 27.2. The zero-order valence-corrected chi connectivity index (χ0v) is 22.2. The van der Waals surface area contributed by atoms with E-state index in [2.05, 4.69) is 15.6 Å². The number of rotatable bonds is 9. The quantitative estimate of drug-likeness (QED) is 0.390. The van der Waals surface area contributed by atoms with Crippen molar-refractivity contribution in [2.75, 3.05) is 26.3 Å². The predicted octanol–water partition coefficient (Wildman–Crippen LogP) is 3.03. The smallest absolute Gasteiger partial charge is 0.358 e. The molecular weight excluding hydrogens is 490 g/mol. The average Bonchev–Trinajstić information content (AvgIpc) is 3.43. The molecule has 11 heteroatoms. The van der Waals surface area contributed by atoms with Crippen LogP contribution in [0, 0.1) is 12.8 Å². The van der Waals surface area contributed by atoms with E-state index in [1.165, 1.54) is 6.92 Å². The number of oxazole rings is 1. The van der Waals surface area contributed by atoms with Crippen LogP contribution in [0.5, 0.6) is 0 Å². The van der Waals surface area contributed by atoms with Crippen LogP contribution in [0.2, 0.25) is 0 Å². The number of hydrogen-bond acceptors (Lipinski definition) is 6. The van der Waals surface area contributed by atoms with E-state index in [1.807, 2.05) is 55.9 Å². The third-order valence-corrected chi connectivity index (χ3v) is 6.65. The number of nitrogens with one attached hydrogen (secondary N) is 2. The molecule has 11 nitrogen and oxygen atoms in total. The van der Waals surface area contributed by atoms with E-state index in [-0.39, 0.29) is 29.3 Å². The average molecular weight is 526 g/mol. The summed E-state index contributed by atoms with van der Waals surface area (Å²) in [6.45, 7) is 7.31. The number of morpholine rings is 1. The molecule has 0 bridgehead atoms. The zero-order valence-electron chi connectivity index (χ0n) is 22.2. The number of aromatic nitrogens is 2. The van der Waals surface area contributed by atoms with E-state index in [4.69, 9.17) is 9.15 Å². The number of ether oxygens (including phenoxy) is 1. The van der Waals surface area contributed by atoms with Crippen LogP contribution in [0.15, 0.2) is 34.9 Å². The topological polar surface area (TPSA) is 139 Å². The molecule has 3 N–H and O–H groups in total. The molecule has 1 aromatic carbocycles. The van der Waals surface area contributed by atoms with Crippen molar-refractivity contribution in [2.24, 2.45) is 13.0 Å². The van der Waals surface area contributed by atoms with Gasteiger partial charge in [-0.2, -0.15) is 0 Å². The first-order valence-corrected chi connectivity index (χ1v) is 12.8. The molecule has 4 rings (SSSR count). The van der Waals surface area contributed by atoms with Gasteiger partial charge in [-0.25, -0.2) is 14.6 Å². The number of fused-ring (bicyclic) bond motifs is 1. The van der Waals surface area contributed by atoms with E-state index in [0.717, 1.165) is 16.5 Å². The van der Waals surface area contributed by atoms with E-state index in [9.17, 15) is 19.5 Å². The molecule has 38 heavy (non-hydrogen) atoms. The lowest BCUT2D eigenvalue weighted by Gasteiger charge is -2.30. The number of carbonyl (C=O) groups excluding carboxylic acids is 2. The van der Waals surface area contributed by atoms with E-state index >= 15 is 0 Å². The maximum Gasteiger partial charge on any atom is 0.358 e. The molecule has 1 aliphatic heterocycles. The van der Waals surface area contributed by atoms with Crippen molar-refractivity contribution in [1.29, 1.82) is 0 Å². The summed E-state index contributed by atoms with van der Waals surface area (Å²) >= 11 is 0. The Hall–Kier alpha value is -3.86. The van der Waals surface area contributed by atoms with Gasteiger partial charge in [0.05, 0.1) is 13.2 Å². The summed E-state index contributed by atoms with van der Waals surface area (Å²) in [7, 11) is 1.94. The highest BCUT2D eigenvalue weighted by Crippen LogP contribution is 2.27. The van der Waals surface area contributed by atoms with Crippen LogP contribution < -0.4 is 10.6 Å². The lowest BCUT2D eigenvalue weighted by Crippen LogP contribution is -2.54. The summed E-state index contributed by atoms with van der Waals surface area (Å²) in [5.41, 5.74) is 1.77. The minimum atomic E-state index is -1.21. The Morgan fingerprint density at radius 2 is 1.84 bits per heavy atom. The fourth-order valence-corrected chi connectivity index (χ4v) is 4.75. The van der Waals surface area contributed by atoms with Crippen LogP contribution in [0.1, 0.15) is 54.0 Å². The van der Waals surface area contributed by atoms with Gasteiger partial charge in [-0.3, -0.25) is 4.79 Å². The fourth-order valence-electron chi connectivity index (χ4n) is 4.75. The van der Waals surface area contributed by atoms with Gasteiger partial charge in [0.25, 0.3) is 0 Å². The number of urea groups is 1. The lowest BCUT2D eigenvalue weighted by molar-refractivity contribution is -0.124. The number of aryl methyl sites for hydroxylation is 2.